The summed E-state index contributed by atoms with van der Waals surface area (Å²) in [6.45, 7) is 10.5. The first-order chi connectivity index (χ1) is 13.1. The highest BCUT2D eigenvalue weighted by molar-refractivity contribution is 5.64. The summed E-state index contributed by atoms with van der Waals surface area (Å²) in [4.78, 5) is 2.55. The van der Waals surface area contributed by atoms with E-state index in [2.05, 4.69) is 66.1 Å². The van der Waals surface area contributed by atoms with Gasteiger partial charge in [-0.2, -0.15) is 5.10 Å². The van der Waals surface area contributed by atoms with Crippen molar-refractivity contribution in [3.63, 3.8) is 0 Å². The van der Waals surface area contributed by atoms with E-state index in [4.69, 9.17) is 4.52 Å². The Balaban J connectivity index is 1.62. The van der Waals surface area contributed by atoms with E-state index in [9.17, 15) is 0 Å². The fourth-order valence-electron chi connectivity index (χ4n) is 4.24. The number of nitrogens with zero attached hydrogens (tertiary/aromatic N) is 3. The molecule has 142 valence electrons. The zero-order chi connectivity index (χ0) is 19.0. The molecule has 1 atom stereocenters. The average molecular weight is 364 g/mol. The van der Waals surface area contributed by atoms with Gasteiger partial charge in [0.15, 0.2) is 0 Å². The van der Waals surface area contributed by atoms with Gasteiger partial charge in [-0.25, -0.2) is 0 Å². The van der Waals surface area contributed by atoms with Gasteiger partial charge in [0.05, 0.1) is 17.6 Å². The van der Waals surface area contributed by atoms with Gasteiger partial charge in [-0.15, -0.1) is 0 Å². The number of hydrogen-bond acceptors (Lipinski definition) is 4. The molecule has 4 rings (SSSR count). The first-order valence-corrected chi connectivity index (χ1v) is 9.87. The first kappa shape index (κ1) is 18.0. The van der Waals surface area contributed by atoms with E-state index in [1.54, 1.807) is 0 Å². The number of H-pyrrole nitrogens is 1. The van der Waals surface area contributed by atoms with Gasteiger partial charge >= 0.3 is 0 Å². The van der Waals surface area contributed by atoms with Gasteiger partial charge in [0.1, 0.15) is 5.76 Å². The molecular weight excluding hydrogens is 336 g/mol. The lowest BCUT2D eigenvalue weighted by molar-refractivity contribution is 0.245. The number of nitrogens with one attached hydrogen (secondary N) is 1. The largest absolute Gasteiger partial charge is 0.361 e. The molecule has 0 amide bonds. The molecule has 27 heavy (non-hydrogen) atoms. The Labute approximate surface area is 160 Å². The van der Waals surface area contributed by atoms with Crippen LogP contribution in [0.2, 0.25) is 0 Å². The highest BCUT2D eigenvalue weighted by atomic mass is 16.5. The Hall–Kier alpha value is -2.40. The van der Waals surface area contributed by atoms with Gasteiger partial charge in [-0.05, 0) is 57.4 Å². The number of aryl methyl sites for hydroxylation is 4. The van der Waals surface area contributed by atoms with Crippen molar-refractivity contribution in [1.29, 1.82) is 0 Å². The molecular formula is C22H28N4O. The molecule has 1 N–H and O–H groups in total. The molecule has 0 saturated carbocycles. The van der Waals surface area contributed by atoms with Crippen LogP contribution in [0.4, 0.5) is 0 Å². The second kappa shape index (κ2) is 7.31. The fourth-order valence-corrected chi connectivity index (χ4v) is 4.24. The van der Waals surface area contributed by atoms with E-state index in [1.807, 2.05) is 6.20 Å². The highest BCUT2D eigenvalue weighted by Crippen LogP contribution is 2.37. The molecule has 1 aromatic carbocycles. The van der Waals surface area contributed by atoms with E-state index in [-0.39, 0.29) is 0 Å². The van der Waals surface area contributed by atoms with Crippen molar-refractivity contribution < 1.29 is 4.52 Å². The summed E-state index contributed by atoms with van der Waals surface area (Å²) >= 11 is 0. The number of hydrogen-bond donors (Lipinski definition) is 1. The standard InChI is InChI=1S/C22H28N4O/c1-5-20-21(16(4)25-27-20)19-7-6-10-26(19)13-18-12-23-24-22(18)17-9-8-14(2)15(3)11-17/h8-9,11-12,19H,5-7,10,13H2,1-4H3,(H,23,24)/t19-/m0/s1. The van der Waals surface area contributed by atoms with E-state index >= 15 is 0 Å². The summed E-state index contributed by atoms with van der Waals surface area (Å²) < 4.78 is 5.56. The minimum absolute atomic E-state index is 0.383. The van der Waals surface area contributed by atoms with Crippen LogP contribution in [0.25, 0.3) is 11.3 Å². The van der Waals surface area contributed by atoms with Crippen molar-refractivity contribution in [2.75, 3.05) is 6.54 Å². The van der Waals surface area contributed by atoms with Gasteiger partial charge in [-0.3, -0.25) is 10.00 Å². The molecule has 1 aliphatic heterocycles. The number of likely N-dealkylation sites (tertiary alicyclic amines) is 1. The molecule has 1 aliphatic rings. The minimum Gasteiger partial charge on any atom is -0.361 e. The monoisotopic (exact) mass is 364 g/mol. The van der Waals surface area contributed by atoms with Crippen molar-refractivity contribution in [3.05, 3.63) is 58.1 Å². The lowest BCUT2D eigenvalue weighted by Gasteiger charge is -2.24. The van der Waals surface area contributed by atoms with E-state index < -0.39 is 0 Å². The summed E-state index contributed by atoms with van der Waals surface area (Å²) in [5.74, 6) is 1.03. The van der Waals surface area contributed by atoms with Gasteiger partial charge in [0.2, 0.25) is 0 Å². The number of aromatic amines is 1. The normalized spacial score (nSPS) is 17.7. The molecule has 3 heterocycles. The molecule has 0 unspecified atom stereocenters. The van der Waals surface area contributed by atoms with Gasteiger partial charge < -0.3 is 4.52 Å². The Kier molecular flexibility index (Phi) is 4.87. The van der Waals surface area contributed by atoms with Crippen molar-refractivity contribution in [2.45, 2.75) is 59.5 Å². The molecule has 0 spiro atoms. The number of rotatable bonds is 5. The zero-order valence-electron chi connectivity index (χ0n) is 16.7. The maximum absolute atomic E-state index is 5.56. The predicted octanol–water partition coefficient (Wildman–Crippen LogP) is 4.89. The lowest BCUT2D eigenvalue weighted by atomic mass is 10.00. The molecule has 1 saturated heterocycles. The van der Waals surface area contributed by atoms with Crippen LogP contribution in [0, 0.1) is 20.8 Å². The van der Waals surface area contributed by atoms with E-state index in [0.29, 0.717) is 6.04 Å². The molecule has 0 bridgehead atoms. The van der Waals surface area contributed by atoms with Gasteiger partial charge in [0, 0.05) is 35.7 Å². The maximum atomic E-state index is 5.56. The summed E-state index contributed by atoms with van der Waals surface area (Å²) in [5, 5.41) is 11.8. The minimum atomic E-state index is 0.383. The third kappa shape index (κ3) is 3.32. The SMILES string of the molecule is CCc1onc(C)c1[C@@H]1CCCN1Cc1cn[nH]c1-c1ccc(C)c(C)c1. The van der Waals surface area contributed by atoms with Crippen molar-refractivity contribution in [2.24, 2.45) is 0 Å². The molecule has 5 nitrogen and oxygen atoms in total. The lowest BCUT2D eigenvalue weighted by Crippen LogP contribution is -2.23. The molecule has 1 fully saturated rings. The molecule has 3 aromatic rings. The van der Waals surface area contributed by atoms with Crippen LogP contribution < -0.4 is 0 Å². The maximum Gasteiger partial charge on any atom is 0.141 e. The number of aromatic nitrogens is 3. The quantitative estimate of drug-likeness (QED) is 0.700. The Bertz CT molecular complexity index is 940. The van der Waals surface area contributed by atoms with Crippen molar-refractivity contribution in [3.8, 4) is 11.3 Å². The number of benzene rings is 1. The van der Waals surface area contributed by atoms with Crippen LogP contribution in [-0.4, -0.2) is 26.8 Å². The summed E-state index contributed by atoms with van der Waals surface area (Å²) in [6.07, 6.45) is 5.22. The third-order valence-electron chi connectivity index (χ3n) is 5.89. The molecule has 0 radical (unpaired) electrons. The van der Waals surface area contributed by atoms with Crippen LogP contribution in [-0.2, 0) is 13.0 Å². The van der Waals surface area contributed by atoms with Crippen LogP contribution in [0.3, 0.4) is 0 Å². The molecule has 5 heteroatoms. The van der Waals surface area contributed by atoms with Crippen LogP contribution >= 0.6 is 0 Å². The average Bonchev–Trinajstić information content (AvgIpc) is 3.38. The molecule has 2 aromatic heterocycles. The summed E-state index contributed by atoms with van der Waals surface area (Å²) in [6, 6.07) is 6.99. The van der Waals surface area contributed by atoms with Crippen LogP contribution in [0.1, 0.15) is 59.5 Å². The summed E-state index contributed by atoms with van der Waals surface area (Å²) in [7, 11) is 0. The van der Waals surface area contributed by atoms with Crippen LogP contribution in [0.5, 0.6) is 0 Å². The topological polar surface area (TPSA) is 58.0 Å². The zero-order valence-corrected chi connectivity index (χ0v) is 16.7. The van der Waals surface area contributed by atoms with E-state index in [1.165, 1.54) is 34.2 Å². The second-order valence-electron chi connectivity index (χ2n) is 7.66. The van der Waals surface area contributed by atoms with Gasteiger partial charge in [0.25, 0.3) is 0 Å². The Morgan fingerprint density at radius 1 is 1.22 bits per heavy atom. The summed E-state index contributed by atoms with van der Waals surface area (Å²) in [5.41, 5.74) is 8.53. The second-order valence-corrected chi connectivity index (χ2v) is 7.66. The molecule has 0 aliphatic carbocycles. The predicted molar refractivity (Wildman–Crippen MR) is 107 cm³/mol. The smallest absolute Gasteiger partial charge is 0.141 e. The Morgan fingerprint density at radius 2 is 2.07 bits per heavy atom. The van der Waals surface area contributed by atoms with E-state index in [0.717, 1.165) is 43.1 Å². The fraction of sp³-hybridized carbons (Fsp3) is 0.455. The van der Waals surface area contributed by atoms with Crippen molar-refractivity contribution in [1.82, 2.24) is 20.3 Å². The van der Waals surface area contributed by atoms with Crippen LogP contribution in [0.15, 0.2) is 28.9 Å². The highest BCUT2D eigenvalue weighted by Gasteiger charge is 2.31. The first-order valence-electron chi connectivity index (χ1n) is 9.87. The third-order valence-corrected chi connectivity index (χ3v) is 5.89. The Morgan fingerprint density at radius 3 is 2.85 bits per heavy atom. The van der Waals surface area contributed by atoms with Crippen molar-refractivity contribution >= 4 is 0 Å². The van der Waals surface area contributed by atoms with Gasteiger partial charge in [-0.1, -0.05) is 24.2 Å².